The summed E-state index contributed by atoms with van der Waals surface area (Å²) in [5.41, 5.74) is 5.76. The normalized spacial score (nSPS) is 11.2. The molecule has 1 heterocycles. The van der Waals surface area contributed by atoms with Gasteiger partial charge < -0.3 is 15.8 Å². The summed E-state index contributed by atoms with van der Waals surface area (Å²) >= 11 is 1.29. The zero-order valence-electron chi connectivity index (χ0n) is 15.4. The van der Waals surface area contributed by atoms with E-state index in [9.17, 15) is 22.8 Å². The molecule has 0 spiro atoms. The van der Waals surface area contributed by atoms with Gasteiger partial charge in [-0.1, -0.05) is 18.2 Å². The smallest absolute Gasteiger partial charge is 0.416 e. The number of amides is 2. The second-order valence-corrected chi connectivity index (χ2v) is 7.04. The van der Waals surface area contributed by atoms with E-state index in [0.29, 0.717) is 27.6 Å². The fourth-order valence-electron chi connectivity index (χ4n) is 2.46. The van der Waals surface area contributed by atoms with Crippen LogP contribution in [0.25, 0.3) is 10.6 Å². The van der Waals surface area contributed by atoms with Crippen LogP contribution in [0.3, 0.4) is 0 Å². The number of benzene rings is 2. The summed E-state index contributed by atoms with van der Waals surface area (Å²) < 4.78 is 43.7. The predicted molar refractivity (Wildman–Crippen MR) is 105 cm³/mol. The highest BCUT2D eigenvalue weighted by molar-refractivity contribution is 7.13. The molecule has 0 atom stereocenters. The minimum Gasteiger partial charge on any atom is -0.487 e. The van der Waals surface area contributed by atoms with Crippen LogP contribution in [0.2, 0.25) is 0 Å². The first-order chi connectivity index (χ1) is 14.2. The molecular weight excluding hydrogens is 419 g/mol. The maximum absolute atomic E-state index is 12.7. The number of aromatic nitrogens is 1. The van der Waals surface area contributed by atoms with Crippen LogP contribution in [0.1, 0.15) is 21.6 Å². The monoisotopic (exact) mass is 435 g/mol. The molecule has 3 rings (SSSR count). The largest absolute Gasteiger partial charge is 0.487 e. The minimum absolute atomic E-state index is 0.115. The SMILES string of the molecule is NC(=O)CNC(=O)c1cccc(OCc2csc(-c3ccc(C(F)(F)F)cc3)n2)c1. The highest BCUT2D eigenvalue weighted by Gasteiger charge is 2.30. The number of carbonyl (C=O) groups excluding carboxylic acids is 2. The van der Waals surface area contributed by atoms with Crippen molar-refractivity contribution >= 4 is 23.2 Å². The number of nitrogens with two attached hydrogens (primary N) is 1. The Morgan fingerprint density at radius 2 is 1.87 bits per heavy atom. The summed E-state index contributed by atoms with van der Waals surface area (Å²) in [5, 5.41) is 4.70. The third-order valence-electron chi connectivity index (χ3n) is 3.92. The van der Waals surface area contributed by atoms with Crippen molar-refractivity contribution < 1.29 is 27.5 Å². The van der Waals surface area contributed by atoms with E-state index in [4.69, 9.17) is 10.5 Å². The van der Waals surface area contributed by atoms with Gasteiger partial charge in [-0.25, -0.2) is 4.98 Å². The van der Waals surface area contributed by atoms with Crippen molar-refractivity contribution in [1.82, 2.24) is 10.3 Å². The molecule has 0 saturated carbocycles. The number of alkyl halides is 3. The van der Waals surface area contributed by atoms with Crippen LogP contribution in [0.4, 0.5) is 13.2 Å². The molecule has 0 radical (unpaired) electrons. The summed E-state index contributed by atoms with van der Waals surface area (Å²) in [4.78, 5) is 27.1. The van der Waals surface area contributed by atoms with Crippen LogP contribution < -0.4 is 15.8 Å². The molecule has 0 aliphatic heterocycles. The molecule has 0 aliphatic carbocycles. The number of halogens is 3. The van der Waals surface area contributed by atoms with Gasteiger partial charge in [0.05, 0.1) is 17.8 Å². The summed E-state index contributed by atoms with van der Waals surface area (Å²) in [7, 11) is 0. The number of nitrogens with one attached hydrogen (secondary N) is 1. The number of ether oxygens (including phenoxy) is 1. The van der Waals surface area contributed by atoms with Crippen molar-refractivity contribution in [1.29, 1.82) is 0 Å². The van der Waals surface area contributed by atoms with Gasteiger partial charge >= 0.3 is 6.18 Å². The van der Waals surface area contributed by atoms with Gasteiger partial charge in [0.25, 0.3) is 5.91 Å². The van der Waals surface area contributed by atoms with Crippen LogP contribution in [0, 0.1) is 0 Å². The van der Waals surface area contributed by atoms with E-state index in [1.54, 1.807) is 23.6 Å². The first-order valence-corrected chi connectivity index (χ1v) is 9.52. The lowest BCUT2D eigenvalue weighted by Gasteiger charge is -2.07. The number of nitrogens with zero attached hydrogens (tertiary/aromatic N) is 1. The maximum atomic E-state index is 12.7. The van der Waals surface area contributed by atoms with Gasteiger partial charge in [-0.2, -0.15) is 13.2 Å². The van der Waals surface area contributed by atoms with Crippen LogP contribution >= 0.6 is 11.3 Å². The van der Waals surface area contributed by atoms with Gasteiger partial charge in [-0.15, -0.1) is 11.3 Å². The lowest BCUT2D eigenvalue weighted by molar-refractivity contribution is -0.137. The molecule has 2 aromatic carbocycles. The van der Waals surface area contributed by atoms with Crippen molar-refractivity contribution in [3.05, 3.63) is 70.7 Å². The molecule has 0 unspecified atom stereocenters. The van der Waals surface area contributed by atoms with Crippen molar-refractivity contribution in [2.75, 3.05) is 6.54 Å². The van der Waals surface area contributed by atoms with E-state index in [2.05, 4.69) is 10.3 Å². The third kappa shape index (κ3) is 5.57. The predicted octanol–water partition coefficient (Wildman–Crippen LogP) is 3.62. The molecule has 2 amide bonds. The number of primary amides is 1. The lowest BCUT2D eigenvalue weighted by Crippen LogP contribution is -2.33. The van der Waals surface area contributed by atoms with E-state index in [1.165, 1.54) is 29.5 Å². The molecule has 0 bridgehead atoms. The number of hydrogen-bond donors (Lipinski definition) is 2. The molecular formula is C20H16F3N3O3S. The van der Waals surface area contributed by atoms with Crippen molar-refractivity contribution in [3.8, 4) is 16.3 Å². The Labute approximate surface area is 173 Å². The fourth-order valence-corrected chi connectivity index (χ4v) is 3.27. The summed E-state index contributed by atoms with van der Waals surface area (Å²) in [6, 6.07) is 11.1. The zero-order valence-corrected chi connectivity index (χ0v) is 16.2. The Morgan fingerprint density at radius 3 is 2.53 bits per heavy atom. The van der Waals surface area contributed by atoms with Crippen LogP contribution in [-0.4, -0.2) is 23.3 Å². The number of hydrogen-bond acceptors (Lipinski definition) is 5. The molecule has 0 fully saturated rings. The lowest BCUT2D eigenvalue weighted by atomic mass is 10.1. The maximum Gasteiger partial charge on any atom is 0.416 e. The Balaban J connectivity index is 1.62. The molecule has 10 heteroatoms. The number of rotatable bonds is 7. The molecule has 3 aromatic rings. The summed E-state index contributed by atoms with van der Waals surface area (Å²) in [6.07, 6.45) is -4.38. The van der Waals surface area contributed by atoms with E-state index in [-0.39, 0.29) is 13.2 Å². The molecule has 0 aliphatic rings. The zero-order chi connectivity index (χ0) is 21.7. The topological polar surface area (TPSA) is 94.3 Å². The number of carbonyl (C=O) groups is 2. The van der Waals surface area contributed by atoms with Crippen molar-refractivity contribution in [3.63, 3.8) is 0 Å². The number of thiazole rings is 1. The van der Waals surface area contributed by atoms with Crippen LogP contribution in [0.15, 0.2) is 53.9 Å². The molecule has 0 saturated heterocycles. The van der Waals surface area contributed by atoms with E-state index in [1.807, 2.05) is 0 Å². The minimum atomic E-state index is -4.38. The molecule has 30 heavy (non-hydrogen) atoms. The van der Waals surface area contributed by atoms with Gasteiger partial charge in [-0.05, 0) is 30.3 Å². The Bertz CT molecular complexity index is 1050. The third-order valence-corrected chi connectivity index (χ3v) is 4.86. The van der Waals surface area contributed by atoms with Crippen LogP contribution in [-0.2, 0) is 17.6 Å². The fraction of sp³-hybridized carbons (Fsp3) is 0.150. The summed E-state index contributed by atoms with van der Waals surface area (Å²) in [5.74, 6) is -0.688. The van der Waals surface area contributed by atoms with Gasteiger partial charge in [0.15, 0.2) is 0 Å². The van der Waals surface area contributed by atoms with E-state index >= 15 is 0 Å². The van der Waals surface area contributed by atoms with Crippen LogP contribution in [0.5, 0.6) is 5.75 Å². The van der Waals surface area contributed by atoms with E-state index in [0.717, 1.165) is 12.1 Å². The average molecular weight is 435 g/mol. The molecule has 1 aromatic heterocycles. The molecule has 6 nitrogen and oxygen atoms in total. The average Bonchev–Trinajstić information content (AvgIpc) is 3.19. The van der Waals surface area contributed by atoms with Gasteiger partial charge in [0, 0.05) is 16.5 Å². The second-order valence-electron chi connectivity index (χ2n) is 6.18. The van der Waals surface area contributed by atoms with Gasteiger partial charge in [-0.3, -0.25) is 9.59 Å². The first-order valence-electron chi connectivity index (χ1n) is 8.64. The Hall–Kier alpha value is -3.40. The second kappa shape index (κ2) is 8.95. The highest BCUT2D eigenvalue weighted by atomic mass is 32.1. The molecule has 156 valence electrons. The first kappa shape index (κ1) is 21.3. The Morgan fingerprint density at radius 1 is 1.13 bits per heavy atom. The highest BCUT2D eigenvalue weighted by Crippen LogP contribution is 2.31. The van der Waals surface area contributed by atoms with Crippen molar-refractivity contribution in [2.24, 2.45) is 5.73 Å². The Kier molecular flexibility index (Phi) is 6.36. The standard InChI is InChI=1S/C20H16F3N3O3S/c21-20(22,23)14-6-4-12(5-7-14)19-26-15(11-30-19)10-29-16-3-1-2-13(8-16)18(28)25-9-17(24)27/h1-8,11H,9-10H2,(H2,24,27)(H,25,28). The summed E-state index contributed by atoms with van der Waals surface area (Å²) in [6.45, 7) is -0.154. The van der Waals surface area contributed by atoms with Gasteiger partial charge in [0.2, 0.25) is 5.91 Å². The molecule has 3 N–H and O–H groups in total. The quantitative estimate of drug-likeness (QED) is 0.593. The van der Waals surface area contributed by atoms with Gasteiger partial charge in [0.1, 0.15) is 17.4 Å². The van der Waals surface area contributed by atoms with Crippen molar-refractivity contribution in [2.45, 2.75) is 12.8 Å². The van der Waals surface area contributed by atoms with E-state index < -0.39 is 23.6 Å².